The van der Waals surface area contributed by atoms with Crippen molar-refractivity contribution in [2.45, 2.75) is 25.9 Å². The maximum atomic E-state index is 7.50. The molecule has 4 aromatic rings. The standard InChI is InChI=1S/C31H35OP/c1-4-33(5-2,6-3,32-30-25-17-10-18-26-30)31(27-19-11-7-12-20-27,28-21-13-8-14-22-28)29-23-15-9-16-24-29/h7-26H,4-6H2,1-3H3. The minimum absolute atomic E-state index is 0.399. The van der Waals surface area contributed by atoms with Gasteiger partial charge < -0.3 is 0 Å². The van der Waals surface area contributed by atoms with Crippen LogP contribution in [0.15, 0.2) is 121 Å². The number of benzene rings is 4. The van der Waals surface area contributed by atoms with Crippen LogP contribution in [0.5, 0.6) is 5.75 Å². The first-order chi connectivity index (χ1) is 16.2. The van der Waals surface area contributed by atoms with Gasteiger partial charge >= 0.3 is 200 Å². The summed E-state index contributed by atoms with van der Waals surface area (Å²) in [5.41, 5.74) is 3.92. The van der Waals surface area contributed by atoms with Crippen molar-refractivity contribution >= 4 is 6.83 Å². The molecule has 4 rings (SSSR count). The fourth-order valence-electron chi connectivity index (χ4n) is 5.92. The molecule has 1 nitrogen and oxygen atoms in total. The van der Waals surface area contributed by atoms with Crippen LogP contribution >= 0.6 is 6.83 Å². The van der Waals surface area contributed by atoms with Crippen molar-refractivity contribution in [1.82, 2.24) is 0 Å². The van der Waals surface area contributed by atoms with Crippen LogP contribution in [0, 0.1) is 0 Å². The third-order valence-electron chi connectivity index (χ3n) is 7.71. The predicted molar refractivity (Wildman–Crippen MR) is 145 cm³/mol. The van der Waals surface area contributed by atoms with Gasteiger partial charge in [-0.3, -0.25) is 0 Å². The molecule has 0 fully saturated rings. The van der Waals surface area contributed by atoms with E-state index in [1.165, 1.54) is 16.7 Å². The van der Waals surface area contributed by atoms with E-state index >= 15 is 0 Å². The molecule has 0 aliphatic carbocycles. The van der Waals surface area contributed by atoms with Gasteiger partial charge in [-0.05, 0) is 0 Å². The second-order valence-corrected chi connectivity index (χ2v) is 14.8. The molecule has 0 atom stereocenters. The van der Waals surface area contributed by atoms with E-state index in [-0.39, 0.29) is 0 Å². The summed E-state index contributed by atoms with van der Waals surface area (Å²) in [7, 11) is 0. The van der Waals surface area contributed by atoms with E-state index in [9.17, 15) is 0 Å². The van der Waals surface area contributed by atoms with Crippen molar-refractivity contribution in [2.75, 3.05) is 18.5 Å². The molecule has 0 N–H and O–H groups in total. The Hall–Kier alpha value is -2.89. The Kier molecular flexibility index (Phi) is 6.73. The average Bonchev–Trinajstić information content (AvgIpc) is 2.91. The summed E-state index contributed by atoms with van der Waals surface area (Å²) < 4.78 is 7.50. The van der Waals surface area contributed by atoms with Crippen molar-refractivity contribution in [3.05, 3.63) is 138 Å². The molecule has 0 saturated carbocycles. The summed E-state index contributed by atoms with van der Waals surface area (Å²) in [4.78, 5) is 0. The summed E-state index contributed by atoms with van der Waals surface area (Å²) in [6, 6.07) is 43.6. The molecule has 0 amide bonds. The molecule has 0 aliphatic rings. The normalized spacial score (nSPS) is 13.1. The molecule has 170 valence electrons. The molecule has 0 heterocycles. The van der Waals surface area contributed by atoms with Crippen LogP contribution < -0.4 is 4.52 Å². The van der Waals surface area contributed by atoms with Gasteiger partial charge in [0.25, 0.3) is 0 Å². The molecular weight excluding hydrogens is 419 g/mol. The molecule has 0 unspecified atom stereocenters. The van der Waals surface area contributed by atoms with Crippen molar-refractivity contribution < 1.29 is 4.52 Å². The molecule has 33 heavy (non-hydrogen) atoms. The number of para-hydroxylation sites is 1. The Morgan fingerprint density at radius 3 is 1.09 bits per heavy atom. The Bertz CT molecular complexity index is 1030. The van der Waals surface area contributed by atoms with Gasteiger partial charge in [-0.25, -0.2) is 0 Å². The molecule has 0 radical (unpaired) electrons. The van der Waals surface area contributed by atoms with E-state index in [2.05, 4.69) is 142 Å². The summed E-state index contributed by atoms with van der Waals surface area (Å²) in [5.74, 6) is 0.966. The Balaban J connectivity index is 2.21. The van der Waals surface area contributed by atoms with E-state index in [1.807, 2.05) is 0 Å². The van der Waals surface area contributed by atoms with Gasteiger partial charge in [0.1, 0.15) is 0 Å². The van der Waals surface area contributed by atoms with E-state index in [0.29, 0.717) is 0 Å². The zero-order valence-corrected chi connectivity index (χ0v) is 20.9. The summed E-state index contributed by atoms with van der Waals surface area (Å²) in [5, 5.41) is -0.399. The van der Waals surface area contributed by atoms with Gasteiger partial charge in [-0.1, -0.05) is 0 Å². The third kappa shape index (κ3) is 3.60. The maximum absolute atomic E-state index is 7.50. The van der Waals surface area contributed by atoms with E-state index in [0.717, 1.165) is 24.2 Å². The Morgan fingerprint density at radius 1 is 0.485 bits per heavy atom. The first-order valence-electron chi connectivity index (χ1n) is 12.1. The van der Waals surface area contributed by atoms with Crippen molar-refractivity contribution in [1.29, 1.82) is 0 Å². The number of hydrogen-bond donors (Lipinski definition) is 0. The van der Waals surface area contributed by atoms with E-state index in [1.54, 1.807) is 0 Å². The Labute approximate surface area is 199 Å². The fraction of sp³-hybridized carbons (Fsp3) is 0.226. The van der Waals surface area contributed by atoms with Crippen LogP contribution in [-0.2, 0) is 5.16 Å². The van der Waals surface area contributed by atoms with E-state index in [4.69, 9.17) is 4.52 Å². The number of rotatable bonds is 9. The molecule has 0 bridgehead atoms. The monoisotopic (exact) mass is 454 g/mol. The van der Waals surface area contributed by atoms with Gasteiger partial charge in [-0.15, -0.1) is 0 Å². The van der Waals surface area contributed by atoms with Crippen LogP contribution in [0.25, 0.3) is 0 Å². The van der Waals surface area contributed by atoms with Crippen molar-refractivity contribution in [2.24, 2.45) is 0 Å². The average molecular weight is 455 g/mol. The molecule has 2 heteroatoms. The van der Waals surface area contributed by atoms with Crippen LogP contribution in [0.4, 0.5) is 0 Å². The number of hydrogen-bond acceptors (Lipinski definition) is 1. The molecule has 0 aliphatic heterocycles. The third-order valence-corrected chi connectivity index (χ3v) is 15.3. The zero-order valence-electron chi connectivity index (χ0n) is 20.0. The topological polar surface area (TPSA) is 9.23 Å². The fourth-order valence-corrected chi connectivity index (χ4v) is 12.3. The SMILES string of the molecule is CCP(CC)(CC)(Oc1ccccc1)C(c1ccccc1)(c1ccccc1)c1ccccc1. The molecule has 0 saturated heterocycles. The van der Waals surface area contributed by atoms with Crippen LogP contribution in [-0.4, -0.2) is 18.5 Å². The second kappa shape index (κ2) is 9.54. The van der Waals surface area contributed by atoms with Crippen molar-refractivity contribution in [3.63, 3.8) is 0 Å². The molecule has 4 aromatic carbocycles. The van der Waals surface area contributed by atoms with Gasteiger partial charge in [0.2, 0.25) is 0 Å². The first kappa shape index (κ1) is 23.3. The summed E-state index contributed by atoms with van der Waals surface area (Å²) in [6.07, 6.45) is 2.94. The van der Waals surface area contributed by atoms with E-state index < -0.39 is 12.0 Å². The minimum atomic E-state index is -3.03. The first-order valence-corrected chi connectivity index (χ1v) is 14.8. The van der Waals surface area contributed by atoms with Gasteiger partial charge in [0.05, 0.1) is 0 Å². The van der Waals surface area contributed by atoms with Gasteiger partial charge in [-0.2, -0.15) is 0 Å². The Morgan fingerprint density at radius 2 is 0.788 bits per heavy atom. The molecular formula is C31H35OP. The van der Waals surface area contributed by atoms with Gasteiger partial charge in [0.15, 0.2) is 0 Å². The van der Waals surface area contributed by atoms with Crippen LogP contribution in [0.3, 0.4) is 0 Å². The van der Waals surface area contributed by atoms with Crippen LogP contribution in [0.2, 0.25) is 0 Å². The molecule has 0 spiro atoms. The summed E-state index contributed by atoms with van der Waals surface area (Å²) in [6.45, 7) is 4.00. The predicted octanol–water partition coefficient (Wildman–Crippen LogP) is 8.59. The van der Waals surface area contributed by atoms with Gasteiger partial charge in [0, 0.05) is 0 Å². The molecule has 0 aromatic heterocycles. The quantitative estimate of drug-likeness (QED) is 0.182. The summed E-state index contributed by atoms with van der Waals surface area (Å²) >= 11 is 0. The van der Waals surface area contributed by atoms with Crippen LogP contribution in [0.1, 0.15) is 37.5 Å². The second-order valence-electron chi connectivity index (χ2n) is 8.79. The van der Waals surface area contributed by atoms with Crippen molar-refractivity contribution in [3.8, 4) is 5.75 Å². The zero-order chi connectivity index (χ0) is 23.2.